The molecule has 0 unspecified atom stereocenters. The van der Waals surface area contributed by atoms with Gasteiger partial charge in [-0.05, 0) is 30.7 Å². The minimum absolute atomic E-state index is 0.409. The maximum atomic E-state index is 5.51. The van der Waals surface area contributed by atoms with Gasteiger partial charge in [0.1, 0.15) is 15.9 Å². The second kappa shape index (κ2) is 8.25. The summed E-state index contributed by atoms with van der Waals surface area (Å²) in [6.45, 7) is 2.68. The van der Waals surface area contributed by atoms with E-state index in [0.717, 1.165) is 17.5 Å². The Morgan fingerprint density at radius 2 is 1.32 bits per heavy atom. The van der Waals surface area contributed by atoms with E-state index < -0.39 is 5.41 Å². The Labute approximate surface area is 136 Å². The summed E-state index contributed by atoms with van der Waals surface area (Å²) in [6, 6.07) is 20.0. The van der Waals surface area contributed by atoms with Gasteiger partial charge in [0.15, 0.2) is 0 Å². The van der Waals surface area contributed by atoms with Gasteiger partial charge < -0.3 is 4.43 Å². The van der Waals surface area contributed by atoms with Gasteiger partial charge in [0.25, 0.3) is 0 Å². The lowest BCUT2D eigenvalue weighted by molar-refractivity contribution is 0.258. The zero-order valence-electron chi connectivity index (χ0n) is 13.1. The normalized spacial score (nSPS) is 10.2. The van der Waals surface area contributed by atoms with Crippen LogP contribution in [0, 0.1) is 29.1 Å². The maximum absolute atomic E-state index is 5.51. The van der Waals surface area contributed by atoms with Crippen LogP contribution in [0.3, 0.4) is 0 Å². The Bertz CT molecular complexity index is 642. The maximum Gasteiger partial charge on any atom is 0.146 e. The summed E-state index contributed by atoms with van der Waals surface area (Å²) in [7, 11) is 0.693. The fourth-order valence-electron chi connectivity index (χ4n) is 2.06. The second-order valence-electron chi connectivity index (χ2n) is 5.10. The smallest absolute Gasteiger partial charge is 0.146 e. The quantitative estimate of drug-likeness (QED) is 0.626. The number of hydrogen-bond acceptors (Lipinski definition) is 1. The van der Waals surface area contributed by atoms with Gasteiger partial charge in [-0.25, -0.2) is 0 Å². The molecule has 0 radical (unpaired) electrons. The molecule has 0 amide bonds. The largest absolute Gasteiger partial charge is 0.425 e. The van der Waals surface area contributed by atoms with Crippen molar-refractivity contribution in [1.29, 1.82) is 0 Å². The highest BCUT2D eigenvalue weighted by molar-refractivity contribution is 5.98. The van der Waals surface area contributed by atoms with E-state index in [4.69, 9.17) is 4.43 Å². The molecule has 0 heterocycles. The highest BCUT2D eigenvalue weighted by atomic mass is 28.2. The van der Waals surface area contributed by atoms with E-state index in [1.807, 2.05) is 60.7 Å². The van der Waals surface area contributed by atoms with E-state index >= 15 is 0 Å². The van der Waals surface area contributed by atoms with Gasteiger partial charge in [0, 0.05) is 11.1 Å². The van der Waals surface area contributed by atoms with Crippen LogP contribution in [0.2, 0.25) is 0 Å². The Hall–Kier alpha value is -2.26. The van der Waals surface area contributed by atoms with Gasteiger partial charge in [-0.2, -0.15) is 0 Å². The summed E-state index contributed by atoms with van der Waals surface area (Å²) in [6.07, 6.45) is 0.842. The van der Waals surface area contributed by atoms with Crippen LogP contribution in [0.1, 0.15) is 24.5 Å². The Balaban J connectivity index is 2.33. The minimum Gasteiger partial charge on any atom is -0.425 e. The number of benzene rings is 2. The van der Waals surface area contributed by atoms with Crippen LogP contribution in [0.15, 0.2) is 60.7 Å². The molecule has 0 saturated carbocycles. The molecule has 0 atom stereocenters. The fourth-order valence-corrected chi connectivity index (χ4v) is 2.55. The molecule has 2 rings (SSSR count). The van der Waals surface area contributed by atoms with Gasteiger partial charge in [-0.3, -0.25) is 0 Å². The molecule has 0 bridgehead atoms. The predicted octanol–water partition coefficient (Wildman–Crippen LogP) is 2.78. The van der Waals surface area contributed by atoms with Crippen LogP contribution in [0.4, 0.5) is 0 Å². The topological polar surface area (TPSA) is 9.23 Å². The Morgan fingerprint density at radius 1 is 0.864 bits per heavy atom. The molecule has 0 spiro atoms. The van der Waals surface area contributed by atoms with Gasteiger partial charge in [-0.15, -0.1) is 0 Å². The van der Waals surface area contributed by atoms with Crippen molar-refractivity contribution in [2.24, 2.45) is 5.41 Å². The third-order valence-electron chi connectivity index (χ3n) is 3.43. The summed E-state index contributed by atoms with van der Waals surface area (Å²) in [5.74, 6) is 13.2. The Kier molecular flexibility index (Phi) is 6.04. The summed E-state index contributed by atoms with van der Waals surface area (Å²) in [4.78, 5) is 0. The van der Waals surface area contributed by atoms with E-state index in [9.17, 15) is 0 Å². The van der Waals surface area contributed by atoms with E-state index in [1.54, 1.807) is 0 Å². The highest BCUT2D eigenvalue weighted by Gasteiger charge is 2.22. The van der Waals surface area contributed by atoms with Crippen molar-refractivity contribution in [2.75, 3.05) is 6.61 Å². The van der Waals surface area contributed by atoms with Crippen molar-refractivity contribution in [2.45, 2.75) is 13.3 Å². The molecule has 110 valence electrons. The third kappa shape index (κ3) is 4.64. The van der Waals surface area contributed by atoms with Crippen LogP contribution in [0.5, 0.6) is 0 Å². The van der Waals surface area contributed by atoms with E-state index in [1.165, 1.54) is 0 Å². The van der Waals surface area contributed by atoms with Crippen molar-refractivity contribution in [3.05, 3.63) is 71.8 Å². The third-order valence-corrected chi connectivity index (χ3v) is 3.72. The molecule has 1 nitrogen and oxygen atoms in total. The van der Waals surface area contributed by atoms with Crippen LogP contribution < -0.4 is 0 Å². The highest BCUT2D eigenvalue weighted by Crippen LogP contribution is 2.21. The molecule has 2 heteroatoms. The standard InChI is InChI=1S/C20H20OSi/c1-2-20(17-21-22,15-13-18-9-5-3-6-10-18)16-14-19-11-7-4-8-12-19/h3-12H,2,17H2,1,22H3. The monoisotopic (exact) mass is 304 g/mol. The van der Waals surface area contributed by atoms with Crippen molar-refractivity contribution in [1.82, 2.24) is 0 Å². The van der Waals surface area contributed by atoms with Gasteiger partial charge in [0.05, 0.1) is 6.61 Å². The number of rotatable bonds is 3. The summed E-state index contributed by atoms with van der Waals surface area (Å²) < 4.78 is 5.51. The zero-order valence-corrected chi connectivity index (χ0v) is 15.1. The molecule has 0 aliphatic carbocycles. The lowest BCUT2D eigenvalue weighted by Crippen LogP contribution is -2.22. The molecule has 0 N–H and O–H groups in total. The van der Waals surface area contributed by atoms with Crippen LogP contribution in [-0.4, -0.2) is 17.1 Å². The molecule has 2 aromatic carbocycles. The first-order chi connectivity index (χ1) is 10.8. The van der Waals surface area contributed by atoms with Crippen molar-refractivity contribution in [3.63, 3.8) is 0 Å². The average Bonchev–Trinajstić information content (AvgIpc) is 2.59. The molecule has 0 aliphatic rings. The average molecular weight is 304 g/mol. The van der Waals surface area contributed by atoms with Crippen LogP contribution in [0.25, 0.3) is 0 Å². The van der Waals surface area contributed by atoms with Crippen LogP contribution in [-0.2, 0) is 4.43 Å². The number of hydrogen-bond donors (Lipinski definition) is 0. The first-order valence-corrected chi connectivity index (χ1v) is 8.25. The van der Waals surface area contributed by atoms with Crippen molar-refractivity contribution in [3.8, 4) is 23.7 Å². The predicted molar refractivity (Wildman–Crippen MR) is 95.3 cm³/mol. The van der Waals surface area contributed by atoms with E-state index in [0.29, 0.717) is 17.1 Å². The fraction of sp³-hybridized carbons (Fsp3) is 0.200. The van der Waals surface area contributed by atoms with E-state index in [2.05, 4.69) is 30.6 Å². The van der Waals surface area contributed by atoms with E-state index in [-0.39, 0.29) is 0 Å². The molecule has 0 aromatic heterocycles. The summed E-state index contributed by atoms with van der Waals surface area (Å²) in [5, 5.41) is 0. The molecular weight excluding hydrogens is 284 g/mol. The Morgan fingerprint density at radius 3 is 1.68 bits per heavy atom. The minimum atomic E-state index is -0.409. The van der Waals surface area contributed by atoms with Crippen molar-refractivity contribution >= 4 is 10.5 Å². The van der Waals surface area contributed by atoms with Gasteiger partial charge >= 0.3 is 0 Å². The first kappa shape index (κ1) is 16.1. The van der Waals surface area contributed by atoms with Crippen LogP contribution >= 0.6 is 0 Å². The summed E-state index contributed by atoms with van der Waals surface area (Å²) >= 11 is 0. The molecular formula is C20H20OSi. The zero-order chi connectivity index (χ0) is 15.7. The summed E-state index contributed by atoms with van der Waals surface area (Å²) in [5.41, 5.74) is 1.61. The first-order valence-electron chi connectivity index (χ1n) is 7.43. The van der Waals surface area contributed by atoms with Gasteiger partial charge in [-0.1, -0.05) is 67.0 Å². The molecule has 0 saturated heterocycles. The van der Waals surface area contributed by atoms with Crippen molar-refractivity contribution < 1.29 is 4.43 Å². The van der Waals surface area contributed by atoms with Gasteiger partial charge in [0.2, 0.25) is 0 Å². The molecule has 0 fully saturated rings. The lowest BCUT2D eigenvalue weighted by atomic mass is 9.87. The molecule has 22 heavy (non-hydrogen) atoms. The second-order valence-corrected chi connectivity index (χ2v) is 5.68. The SMILES string of the molecule is CCC(C#Cc1ccccc1)(C#Cc1ccccc1)CO[SiH3]. The molecule has 2 aromatic rings. The lowest BCUT2D eigenvalue weighted by Gasteiger charge is -2.19. The molecule has 0 aliphatic heterocycles.